The van der Waals surface area contributed by atoms with Crippen LogP contribution >= 0.6 is 0 Å². The molecule has 0 aliphatic heterocycles. The van der Waals surface area contributed by atoms with Crippen LogP contribution in [0.25, 0.3) is 0 Å². The number of urea groups is 1. The van der Waals surface area contributed by atoms with Crippen LogP contribution in [-0.4, -0.2) is 24.0 Å². The topological polar surface area (TPSA) is 70.2 Å². The van der Waals surface area contributed by atoms with Gasteiger partial charge in [-0.15, -0.1) is 0 Å². The van der Waals surface area contributed by atoms with E-state index < -0.39 is 23.7 Å². The number of nitrogens with one attached hydrogen (secondary N) is 3. The zero-order valence-corrected chi connectivity index (χ0v) is 12.3. The number of anilines is 1. The van der Waals surface area contributed by atoms with Crippen molar-refractivity contribution in [2.24, 2.45) is 0 Å². The molecule has 1 aromatic carbocycles. The van der Waals surface area contributed by atoms with Crippen LogP contribution in [0.3, 0.4) is 0 Å². The molecule has 3 N–H and O–H groups in total. The SMILES string of the molecule is CC(NC(=O)Nc1ccc(F)cc1F)C(=O)NC1CCCC1. The maximum absolute atomic E-state index is 13.4. The lowest BCUT2D eigenvalue weighted by Gasteiger charge is -2.18. The van der Waals surface area contributed by atoms with Gasteiger partial charge in [0.05, 0.1) is 5.69 Å². The number of halogens is 2. The van der Waals surface area contributed by atoms with Crippen molar-refractivity contribution in [2.75, 3.05) is 5.32 Å². The van der Waals surface area contributed by atoms with E-state index in [2.05, 4.69) is 16.0 Å². The summed E-state index contributed by atoms with van der Waals surface area (Å²) in [5.74, 6) is -1.88. The molecule has 7 heteroatoms. The first kappa shape index (κ1) is 16.2. The Bertz CT molecular complexity index is 560. The zero-order chi connectivity index (χ0) is 16.1. The highest BCUT2D eigenvalue weighted by Crippen LogP contribution is 2.17. The quantitative estimate of drug-likeness (QED) is 0.799. The van der Waals surface area contributed by atoms with Gasteiger partial charge in [-0.1, -0.05) is 12.8 Å². The molecule has 1 atom stereocenters. The number of hydrogen-bond donors (Lipinski definition) is 3. The molecular weight excluding hydrogens is 292 g/mol. The van der Waals surface area contributed by atoms with Crippen LogP contribution in [0.2, 0.25) is 0 Å². The average molecular weight is 311 g/mol. The van der Waals surface area contributed by atoms with E-state index in [1.807, 2.05) is 0 Å². The predicted octanol–water partition coefficient (Wildman–Crippen LogP) is 2.53. The van der Waals surface area contributed by atoms with E-state index in [9.17, 15) is 18.4 Å². The van der Waals surface area contributed by atoms with Gasteiger partial charge < -0.3 is 16.0 Å². The molecule has 0 spiro atoms. The van der Waals surface area contributed by atoms with Gasteiger partial charge in [-0.05, 0) is 31.9 Å². The van der Waals surface area contributed by atoms with Crippen molar-refractivity contribution in [1.82, 2.24) is 10.6 Å². The zero-order valence-electron chi connectivity index (χ0n) is 12.3. The van der Waals surface area contributed by atoms with Gasteiger partial charge in [0.15, 0.2) is 0 Å². The molecule has 1 aliphatic rings. The Labute approximate surface area is 127 Å². The number of carbonyl (C=O) groups is 2. The molecule has 0 aromatic heterocycles. The molecule has 1 saturated carbocycles. The monoisotopic (exact) mass is 311 g/mol. The molecule has 2 rings (SSSR count). The minimum absolute atomic E-state index is 0.151. The highest BCUT2D eigenvalue weighted by atomic mass is 19.1. The van der Waals surface area contributed by atoms with Gasteiger partial charge in [-0.3, -0.25) is 4.79 Å². The van der Waals surface area contributed by atoms with Gasteiger partial charge in [0, 0.05) is 12.1 Å². The fourth-order valence-electron chi connectivity index (χ4n) is 2.41. The first-order valence-corrected chi connectivity index (χ1v) is 7.28. The summed E-state index contributed by atoms with van der Waals surface area (Å²) in [6.45, 7) is 1.55. The number of benzene rings is 1. The van der Waals surface area contributed by atoms with Crippen molar-refractivity contribution in [3.63, 3.8) is 0 Å². The summed E-state index contributed by atoms with van der Waals surface area (Å²) < 4.78 is 26.2. The minimum atomic E-state index is -0.877. The molecule has 3 amide bonds. The van der Waals surface area contributed by atoms with E-state index in [1.165, 1.54) is 0 Å². The normalized spacial score (nSPS) is 16.1. The van der Waals surface area contributed by atoms with Gasteiger partial charge in [-0.25, -0.2) is 13.6 Å². The van der Waals surface area contributed by atoms with E-state index >= 15 is 0 Å². The highest BCUT2D eigenvalue weighted by molar-refractivity contribution is 5.93. The molecule has 1 aliphatic carbocycles. The lowest BCUT2D eigenvalue weighted by molar-refractivity contribution is -0.123. The van der Waals surface area contributed by atoms with Crippen LogP contribution in [0.1, 0.15) is 32.6 Å². The fraction of sp³-hybridized carbons (Fsp3) is 0.467. The average Bonchev–Trinajstić information content (AvgIpc) is 2.94. The molecule has 1 unspecified atom stereocenters. The maximum atomic E-state index is 13.4. The van der Waals surface area contributed by atoms with Crippen LogP contribution in [-0.2, 0) is 4.79 Å². The first-order chi connectivity index (χ1) is 10.5. The van der Waals surface area contributed by atoms with Crippen molar-refractivity contribution in [2.45, 2.75) is 44.7 Å². The smallest absolute Gasteiger partial charge is 0.319 e. The Hall–Kier alpha value is -2.18. The Kier molecular flexibility index (Phi) is 5.30. The largest absolute Gasteiger partial charge is 0.352 e. The molecule has 5 nitrogen and oxygen atoms in total. The highest BCUT2D eigenvalue weighted by Gasteiger charge is 2.21. The number of carbonyl (C=O) groups excluding carboxylic acids is 2. The molecule has 22 heavy (non-hydrogen) atoms. The van der Waals surface area contributed by atoms with E-state index in [-0.39, 0.29) is 17.6 Å². The Morgan fingerprint density at radius 3 is 2.55 bits per heavy atom. The second kappa shape index (κ2) is 7.20. The van der Waals surface area contributed by atoms with Crippen molar-refractivity contribution in [1.29, 1.82) is 0 Å². The van der Waals surface area contributed by atoms with Gasteiger partial charge >= 0.3 is 6.03 Å². The van der Waals surface area contributed by atoms with Crippen molar-refractivity contribution in [3.05, 3.63) is 29.8 Å². The standard InChI is InChI=1S/C15H19F2N3O2/c1-9(14(21)19-11-4-2-3-5-11)18-15(22)20-13-7-6-10(16)8-12(13)17/h6-9,11H,2-5H2,1H3,(H,19,21)(H2,18,20,22). The van der Waals surface area contributed by atoms with Crippen molar-refractivity contribution < 1.29 is 18.4 Å². The lowest BCUT2D eigenvalue weighted by atomic mass is 10.2. The summed E-state index contributed by atoms with van der Waals surface area (Å²) in [6, 6.07) is 1.52. The van der Waals surface area contributed by atoms with Crippen molar-refractivity contribution >= 4 is 17.6 Å². The Morgan fingerprint density at radius 2 is 1.91 bits per heavy atom. The second-order valence-electron chi connectivity index (χ2n) is 5.43. The molecule has 0 radical (unpaired) electrons. The van der Waals surface area contributed by atoms with Crippen LogP contribution in [0, 0.1) is 11.6 Å². The van der Waals surface area contributed by atoms with E-state index in [0.29, 0.717) is 6.07 Å². The molecule has 1 fully saturated rings. The van der Waals surface area contributed by atoms with Crippen LogP contribution in [0.5, 0.6) is 0 Å². The summed E-state index contributed by atoms with van der Waals surface area (Å²) in [7, 11) is 0. The van der Waals surface area contributed by atoms with Gasteiger partial charge in [0.1, 0.15) is 17.7 Å². The molecule has 0 bridgehead atoms. The Balaban J connectivity index is 1.83. The van der Waals surface area contributed by atoms with E-state index in [4.69, 9.17) is 0 Å². The van der Waals surface area contributed by atoms with Crippen molar-refractivity contribution in [3.8, 4) is 0 Å². The fourth-order valence-corrected chi connectivity index (χ4v) is 2.41. The van der Waals surface area contributed by atoms with E-state index in [0.717, 1.165) is 37.8 Å². The van der Waals surface area contributed by atoms with Crippen LogP contribution in [0.4, 0.5) is 19.3 Å². The van der Waals surface area contributed by atoms with Crippen LogP contribution in [0.15, 0.2) is 18.2 Å². The third kappa shape index (κ3) is 4.41. The number of rotatable bonds is 4. The third-order valence-corrected chi connectivity index (χ3v) is 3.62. The number of amides is 3. The van der Waals surface area contributed by atoms with Gasteiger partial charge in [0.25, 0.3) is 0 Å². The van der Waals surface area contributed by atoms with Gasteiger partial charge in [-0.2, -0.15) is 0 Å². The van der Waals surface area contributed by atoms with Gasteiger partial charge in [0.2, 0.25) is 5.91 Å². The molecule has 1 aromatic rings. The summed E-state index contributed by atoms with van der Waals surface area (Å²) in [5, 5.41) is 7.53. The summed E-state index contributed by atoms with van der Waals surface area (Å²) >= 11 is 0. The molecule has 120 valence electrons. The summed E-state index contributed by atoms with van der Waals surface area (Å²) in [4.78, 5) is 23.7. The lowest BCUT2D eigenvalue weighted by Crippen LogP contribution is -2.48. The van der Waals surface area contributed by atoms with E-state index in [1.54, 1.807) is 6.92 Å². The van der Waals surface area contributed by atoms with Crippen LogP contribution < -0.4 is 16.0 Å². The molecule has 0 saturated heterocycles. The predicted molar refractivity (Wildman–Crippen MR) is 78.4 cm³/mol. The Morgan fingerprint density at radius 1 is 1.23 bits per heavy atom. The molecular formula is C15H19F2N3O2. The first-order valence-electron chi connectivity index (χ1n) is 7.28. The second-order valence-corrected chi connectivity index (χ2v) is 5.43. The minimum Gasteiger partial charge on any atom is -0.352 e. The maximum Gasteiger partial charge on any atom is 0.319 e. The summed E-state index contributed by atoms with van der Waals surface area (Å²) in [5.41, 5.74) is -0.151. The summed E-state index contributed by atoms with van der Waals surface area (Å²) in [6.07, 6.45) is 4.09. The molecule has 0 heterocycles. The number of hydrogen-bond acceptors (Lipinski definition) is 2. The third-order valence-electron chi connectivity index (χ3n) is 3.62.